The Labute approximate surface area is 192 Å². The lowest BCUT2D eigenvalue weighted by atomic mass is 10.0. The van der Waals surface area contributed by atoms with Crippen LogP contribution in [0.1, 0.15) is 51.4 Å². The number of hydrogen-bond donors (Lipinski definition) is 1. The van der Waals surface area contributed by atoms with Crippen molar-refractivity contribution in [1.82, 2.24) is 24.5 Å². The molecule has 1 aromatic carbocycles. The number of nitrogens with one attached hydrogen (secondary N) is 1. The molecule has 0 aliphatic rings. The highest BCUT2D eigenvalue weighted by atomic mass is 19.1. The van der Waals surface area contributed by atoms with Gasteiger partial charge in [0.15, 0.2) is 5.82 Å². The Bertz CT molecular complexity index is 1410. The van der Waals surface area contributed by atoms with Gasteiger partial charge in [0, 0.05) is 52.9 Å². The molecule has 4 aromatic heterocycles. The summed E-state index contributed by atoms with van der Waals surface area (Å²) in [6, 6.07) is 10.0. The van der Waals surface area contributed by atoms with Gasteiger partial charge in [-0.2, -0.15) is 0 Å². The Hall–Kier alpha value is -3.54. The van der Waals surface area contributed by atoms with Gasteiger partial charge in [0.05, 0.1) is 5.52 Å². The molecule has 0 radical (unpaired) electrons. The molecule has 0 bridgehead atoms. The number of H-pyrrole nitrogens is 1. The minimum Gasteiger partial charge on any atom is -0.346 e. The third-order valence-electron chi connectivity index (χ3n) is 6.37. The van der Waals surface area contributed by atoms with Crippen LogP contribution >= 0.6 is 0 Å². The highest BCUT2D eigenvalue weighted by Gasteiger charge is 2.20. The summed E-state index contributed by atoms with van der Waals surface area (Å²) in [6.45, 7) is 6.37. The number of imidazole rings is 1. The molecular weight excluding hydrogens is 413 g/mol. The lowest BCUT2D eigenvalue weighted by Crippen LogP contribution is -2.10. The van der Waals surface area contributed by atoms with Gasteiger partial charge in [-0.15, -0.1) is 0 Å². The van der Waals surface area contributed by atoms with Crippen LogP contribution in [0.5, 0.6) is 0 Å². The number of nitrogens with zero attached hydrogens (tertiary/aromatic N) is 4. The monoisotopic (exact) mass is 441 g/mol. The molecule has 5 rings (SSSR count). The zero-order valence-corrected chi connectivity index (χ0v) is 19.3. The molecule has 1 N–H and O–H groups in total. The van der Waals surface area contributed by atoms with Crippen LogP contribution in [-0.2, 0) is 0 Å². The van der Waals surface area contributed by atoms with Gasteiger partial charge in [0.1, 0.15) is 17.0 Å². The van der Waals surface area contributed by atoms with E-state index in [-0.39, 0.29) is 5.82 Å². The number of pyridine rings is 2. The Morgan fingerprint density at radius 3 is 2.58 bits per heavy atom. The third kappa shape index (κ3) is 3.80. The molecule has 5 aromatic rings. The van der Waals surface area contributed by atoms with E-state index in [0.717, 1.165) is 70.3 Å². The van der Waals surface area contributed by atoms with Crippen LogP contribution in [0, 0.1) is 12.7 Å². The van der Waals surface area contributed by atoms with Gasteiger partial charge in [-0.25, -0.2) is 14.4 Å². The van der Waals surface area contributed by atoms with Crippen molar-refractivity contribution in [3.63, 3.8) is 0 Å². The first-order valence-electron chi connectivity index (χ1n) is 11.7. The number of aromatic nitrogens is 5. The fraction of sp³-hybridized carbons (Fsp3) is 0.296. The molecular formula is C27H28FN5. The normalized spacial score (nSPS) is 11.8. The summed E-state index contributed by atoms with van der Waals surface area (Å²) in [4.78, 5) is 16.7. The SMILES string of the molecule is CCCC(CCC)n1c(C)nc2c(F)cc(-c3c[nH]c4ncc(-c5cccnc5)cc34)cc21. The molecule has 0 unspecified atom stereocenters. The molecule has 6 heteroatoms. The predicted octanol–water partition coefficient (Wildman–Crippen LogP) is 7.23. The zero-order chi connectivity index (χ0) is 22.9. The van der Waals surface area contributed by atoms with Crippen LogP contribution in [0.2, 0.25) is 0 Å². The topological polar surface area (TPSA) is 59.4 Å². The molecule has 0 saturated heterocycles. The van der Waals surface area contributed by atoms with E-state index in [1.54, 1.807) is 12.3 Å². The average Bonchev–Trinajstić information content (AvgIpc) is 3.40. The van der Waals surface area contributed by atoms with Crippen LogP contribution in [0.3, 0.4) is 0 Å². The summed E-state index contributed by atoms with van der Waals surface area (Å²) >= 11 is 0. The lowest BCUT2D eigenvalue weighted by Gasteiger charge is -2.20. The van der Waals surface area contributed by atoms with E-state index in [2.05, 4.69) is 50.5 Å². The Morgan fingerprint density at radius 2 is 1.85 bits per heavy atom. The minimum absolute atomic E-state index is 0.290. The van der Waals surface area contributed by atoms with Gasteiger partial charge >= 0.3 is 0 Å². The summed E-state index contributed by atoms with van der Waals surface area (Å²) in [6.07, 6.45) is 11.6. The Balaban J connectivity index is 1.68. The van der Waals surface area contributed by atoms with Crippen LogP contribution in [0.4, 0.5) is 4.39 Å². The van der Waals surface area contributed by atoms with Crippen molar-refractivity contribution in [2.24, 2.45) is 0 Å². The van der Waals surface area contributed by atoms with Crippen molar-refractivity contribution in [2.75, 3.05) is 0 Å². The highest BCUT2D eigenvalue weighted by molar-refractivity contribution is 5.97. The van der Waals surface area contributed by atoms with Crippen molar-refractivity contribution in [3.8, 4) is 22.3 Å². The first-order valence-corrected chi connectivity index (χ1v) is 11.7. The van der Waals surface area contributed by atoms with Crippen LogP contribution in [0.25, 0.3) is 44.3 Å². The largest absolute Gasteiger partial charge is 0.346 e. The lowest BCUT2D eigenvalue weighted by molar-refractivity contribution is 0.428. The first-order chi connectivity index (χ1) is 16.1. The second-order valence-electron chi connectivity index (χ2n) is 8.65. The smallest absolute Gasteiger partial charge is 0.151 e. The van der Waals surface area contributed by atoms with Crippen molar-refractivity contribution in [1.29, 1.82) is 0 Å². The van der Waals surface area contributed by atoms with Crippen LogP contribution in [0.15, 0.2) is 55.1 Å². The second kappa shape index (κ2) is 8.77. The van der Waals surface area contributed by atoms with Gasteiger partial charge < -0.3 is 9.55 Å². The molecule has 0 aliphatic heterocycles. The third-order valence-corrected chi connectivity index (χ3v) is 6.37. The highest BCUT2D eigenvalue weighted by Crippen LogP contribution is 2.35. The number of aryl methyl sites for hydroxylation is 1. The summed E-state index contributed by atoms with van der Waals surface area (Å²) in [7, 11) is 0. The first kappa shape index (κ1) is 21.3. The van der Waals surface area contributed by atoms with E-state index >= 15 is 4.39 Å². The summed E-state index contributed by atoms with van der Waals surface area (Å²) in [5, 5.41) is 0.955. The number of halogens is 1. The molecule has 168 valence electrons. The van der Waals surface area contributed by atoms with Gasteiger partial charge in [-0.05, 0) is 49.6 Å². The Morgan fingerprint density at radius 1 is 1.03 bits per heavy atom. The Kier molecular flexibility index (Phi) is 5.67. The number of rotatable bonds is 7. The maximum atomic E-state index is 15.3. The van der Waals surface area contributed by atoms with Gasteiger partial charge in [-0.3, -0.25) is 4.98 Å². The van der Waals surface area contributed by atoms with Crippen molar-refractivity contribution >= 4 is 22.1 Å². The van der Waals surface area contributed by atoms with E-state index in [1.165, 1.54) is 0 Å². The fourth-order valence-corrected chi connectivity index (χ4v) is 4.89. The van der Waals surface area contributed by atoms with Crippen molar-refractivity contribution < 1.29 is 4.39 Å². The summed E-state index contributed by atoms with van der Waals surface area (Å²) in [5.41, 5.74) is 5.81. The number of hydrogen-bond acceptors (Lipinski definition) is 3. The second-order valence-corrected chi connectivity index (χ2v) is 8.65. The number of benzene rings is 1. The van der Waals surface area contributed by atoms with E-state index in [0.29, 0.717) is 11.6 Å². The number of fused-ring (bicyclic) bond motifs is 2. The molecule has 5 nitrogen and oxygen atoms in total. The molecule has 0 spiro atoms. The van der Waals surface area contributed by atoms with Crippen LogP contribution < -0.4 is 0 Å². The van der Waals surface area contributed by atoms with Gasteiger partial charge in [-0.1, -0.05) is 32.8 Å². The maximum Gasteiger partial charge on any atom is 0.151 e. The molecule has 0 amide bonds. The maximum absolute atomic E-state index is 15.3. The fourth-order valence-electron chi connectivity index (χ4n) is 4.89. The minimum atomic E-state index is -0.290. The van der Waals surface area contributed by atoms with E-state index in [4.69, 9.17) is 0 Å². The molecule has 0 saturated carbocycles. The van der Waals surface area contributed by atoms with Crippen LogP contribution in [-0.4, -0.2) is 24.5 Å². The molecule has 33 heavy (non-hydrogen) atoms. The van der Waals surface area contributed by atoms with E-state index in [1.807, 2.05) is 37.6 Å². The molecule has 0 fully saturated rings. The van der Waals surface area contributed by atoms with Crippen molar-refractivity contribution in [2.45, 2.75) is 52.5 Å². The van der Waals surface area contributed by atoms with Gasteiger partial charge in [0.25, 0.3) is 0 Å². The molecule has 0 atom stereocenters. The quantitative estimate of drug-likeness (QED) is 0.290. The predicted molar refractivity (Wildman–Crippen MR) is 132 cm³/mol. The van der Waals surface area contributed by atoms with Crippen molar-refractivity contribution in [3.05, 3.63) is 66.8 Å². The molecule has 4 heterocycles. The van der Waals surface area contributed by atoms with E-state index < -0.39 is 0 Å². The molecule has 0 aliphatic carbocycles. The average molecular weight is 442 g/mol. The summed E-state index contributed by atoms with van der Waals surface area (Å²) < 4.78 is 17.5. The van der Waals surface area contributed by atoms with E-state index in [9.17, 15) is 0 Å². The van der Waals surface area contributed by atoms with Gasteiger partial charge in [0.2, 0.25) is 0 Å². The zero-order valence-electron chi connectivity index (χ0n) is 19.3. The number of aromatic amines is 1. The summed E-state index contributed by atoms with van der Waals surface area (Å²) in [5.74, 6) is 0.578. The standard InChI is InChI=1S/C27H28FN5/c1-4-7-21(8-5-2)33-17(3)32-26-24(28)12-19(13-25(26)33)23-16-31-27-22(23)11-20(15-30-27)18-9-6-10-29-14-18/h6,9-16,21H,4-5,7-8H2,1-3H3,(H,30,31).